The number of aryl methyl sites for hydroxylation is 1. The second-order valence-electron chi connectivity index (χ2n) is 6.14. The molecular weight excluding hydrogens is 270 g/mol. The van der Waals surface area contributed by atoms with Gasteiger partial charge in [-0.05, 0) is 37.8 Å². The summed E-state index contributed by atoms with van der Waals surface area (Å²) < 4.78 is 27.1. The molecule has 108 valence electrons. The smallest absolute Gasteiger partial charge is 0.207 e. The average Bonchev–Trinajstić information content (AvgIpc) is 2.96. The van der Waals surface area contributed by atoms with Gasteiger partial charge in [0.15, 0.2) is 0 Å². The summed E-state index contributed by atoms with van der Waals surface area (Å²) in [7, 11) is -3.36. The van der Waals surface area contributed by atoms with Crippen molar-refractivity contribution in [3.05, 3.63) is 42.5 Å². The van der Waals surface area contributed by atoms with Crippen molar-refractivity contribution < 1.29 is 8.42 Å². The molecule has 1 saturated heterocycles. The molecule has 0 aromatic heterocycles. The van der Waals surface area contributed by atoms with Crippen LogP contribution in [0.3, 0.4) is 0 Å². The summed E-state index contributed by atoms with van der Waals surface area (Å²) in [4.78, 5) is 0.405. The summed E-state index contributed by atoms with van der Waals surface area (Å²) in [6.07, 6.45) is 5.37. The SMILES string of the molecule is C=C[C@]12CCC[C@H]1CN(S(=O)(=O)c1ccc(C)cc1)C2. The van der Waals surface area contributed by atoms with Crippen LogP contribution in [0.1, 0.15) is 24.8 Å². The van der Waals surface area contributed by atoms with Crippen LogP contribution >= 0.6 is 0 Å². The Kier molecular flexibility index (Phi) is 3.26. The maximum Gasteiger partial charge on any atom is 0.243 e. The van der Waals surface area contributed by atoms with Crippen molar-refractivity contribution in [2.45, 2.75) is 31.1 Å². The zero-order valence-electron chi connectivity index (χ0n) is 11.9. The van der Waals surface area contributed by atoms with Gasteiger partial charge in [-0.25, -0.2) is 8.42 Å². The lowest BCUT2D eigenvalue weighted by Gasteiger charge is -2.24. The summed E-state index contributed by atoms with van der Waals surface area (Å²) in [6, 6.07) is 7.12. The van der Waals surface area contributed by atoms with E-state index in [4.69, 9.17) is 0 Å². The van der Waals surface area contributed by atoms with Gasteiger partial charge in [0.1, 0.15) is 0 Å². The molecule has 1 saturated carbocycles. The molecule has 3 nitrogen and oxygen atoms in total. The molecule has 2 fully saturated rings. The first kappa shape index (κ1) is 13.8. The van der Waals surface area contributed by atoms with E-state index < -0.39 is 10.0 Å². The summed E-state index contributed by atoms with van der Waals surface area (Å²) in [5.41, 5.74) is 1.09. The number of fused-ring (bicyclic) bond motifs is 1. The molecule has 0 amide bonds. The number of nitrogens with zero attached hydrogens (tertiary/aromatic N) is 1. The highest BCUT2D eigenvalue weighted by Gasteiger charge is 2.50. The maximum absolute atomic E-state index is 12.7. The minimum atomic E-state index is -3.36. The molecule has 0 N–H and O–H groups in total. The van der Waals surface area contributed by atoms with E-state index in [0.29, 0.717) is 23.9 Å². The van der Waals surface area contributed by atoms with Gasteiger partial charge in [-0.15, -0.1) is 6.58 Å². The molecule has 4 heteroatoms. The predicted octanol–water partition coefficient (Wildman–Crippen LogP) is 2.97. The number of benzene rings is 1. The summed E-state index contributed by atoms with van der Waals surface area (Å²) >= 11 is 0. The fourth-order valence-corrected chi connectivity index (χ4v) is 5.23. The second-order valence-corrected chi connectivity index (χ2v) is 8.07. The Balaban J connectivity index is 1.90. The first-order valence-electron chi connectivity index (χ1n) is 7.18. The normalized spacial score (nSPS) is 30.4. The Hall–Kier alpha value is -1.13. The van der Waals surface area contributed by atoms with Gasteiger partial charge in [-0.2, -0.15) is 4.31 Å². The van der Waals surface area contributed by atoms with E-state index >= 15 is 0 Å². The zero-order chi connectivity index (χ0) is 14.4. The van der Waals surface area contributed by atoms with Gasteiger partial charge < -0.3 is 0 Å². The van der Waals surface area contributed by atoms with Crippen LogP contribution in [0, 0.1) is 18.3 Å². The van der Waals surface area contributed by atoms with E-state index in [0.717, 1.165) is 18.4 Å². The van der Waals surface area contributed by atoms with Gasteiger partial charge in [-0.3, -0.25) is 0 Å². The van der Waals surface area contributed by atoms with Crippen molar-refractivity contribution in [2.75, 3.05) is 13.1 Å². The van der Waals surface area contributed by atoms with E-state index in [1.165, 1.54) is 6.42 Å². The van der Waals surface area contributed by atoms with Crippen molar-refractivity contribution >= 4 is 10.0 Å². The molecule has 0 spiro atoms. The molecule has 0 unspecified atom stereocenters. The molecule has 1 aliphatic heterocycles. The maximum atomic E-state index is 12.7. The molecule has 2 aliphatic rings. The Morgan fingerprint density at radius 2 is 2.05 bits per heavy atom. The fourth-order valence-electron chi connectivity index (χ4n) is 3.66. The molecule has 0 radical (unpaired) electrons. The highest BCUT2D eigenvalue weighted by atomic mass is 32.2. The monoisotopic (exact) mass is 291 g/mol. The van der Waals surface area contributed by atoms with Gasteiger partial charge in [-0.1, -0.05) is 30.2 Å². The third-order valence-electron chi connectivity index (χ3n) is 4.97. The highest BCUT2D eigenvalue weighted by Crippen LogP contribution is 2.50. The molecular formula is C16H21NO2S. The van der Waals surface area contributed by atoms with Gasteiger partial charge in [0, 0.05) is 18.5 Å². The molecule has 20 heavy (non-hydrogen) atoms. The molecule has 1 aliphatic carbocycles. The van der Waals surface area contributed by atoms with E-state index in [1.54, 1.807) is 16.4 Å². The topological polar surface area (TPSA) is 37.4 Å². The Morgan fingerprint density at radius 3 is 2.65 bits per heavy atom. The van der Waals surface area contributed by atoms with Crippen LogP contribution in [0.2, 0.25) is 0 Å². The number of hydrogen-bond acceptors (Lipinski definition) is 2. The van der Waals surface area contributed by atoms with Crippen LogP contribution in [-0.2, 0) is 10.0 Å². The third kappa shape index (κ3) is 2.02. The van der Waals surface area contributed by atoms with Crippen molar-refractivity contribution in [2.24, 2.45) is 11.3 Å². The van der Waals surface area contributed by atoms with Crippen LogP contribution < -0.4 is 0 Å². The Labute approximate surface area is 121 Å². The fraction of sp³-hybridized carbons (Fsp3) is 0.500. The van der Waals surface area contributed by atoms with Crippen LogP contribution in [0.5, 0.6) is 0 Å². The van der Waals surface area contributed by atoms with Crippen LogP contribution in [0.25, 0.3) is 0 Å². The standard InChI is InChI=1S/C16H21NO2S/c1-3-16-10-4-5-14(16)11-17(12-16)20(18,19)15-8-6-13(2)7-9-15/h3,6-9,14H,1,4-5,10-12H2,2H3/t14-,16+/m0/s1. The van der Waals surface area contributed by atoms with E-state index in [9.17, 15) is 8.42 Å². The number of sulfonamides is 1. The van der Waals surface area contributed by atoms with E-state index in [1.807, 2.05) is 25.1 Å². The minimum absolute atomic E-state index is 0.0117. The number of hydrogen-bond donors (Lipinski definition) is 0. The van der Waals surface area contributed by atoms with Gasteiger partial charge in [0.05, 0.1) is 4.90 Å². The largest absolute Gasteiger partial charge is 0.243 e. The first-order chi connectivity index (χ1) is 9.48. The van der Waals surface area contributed by atoms with Crippen molar-refractivity contribution in [1.29, 1.82) is 0 Å². The van der Waals surface area contributed by atoms with Crippen LogP contribution in [0.15, 0.2) is 41.8 Å². The number of rotatable bonds is 3. The van der Waals surface area contributed by atoms with Gasteiger partial charge in [0.25, 0.3) is 0 Å². The lowest BCUT2D eigenvalue weighted by atomic mass is 9.81. The van der Waals surface area contributed by atoms with Crippen molar-refractivity contribution in [1.82, 2.24) is 4.31 Å². The van der Waals surface area contributed by atoms with Crippen molar-refractivity contribution in [3.63, 3.8) is 0 Å². The van der Waals surface area contributed by atoms with Crippen molar-refractivity contribution in [3.8, 4) is 0 Å². The lowest BCUT2D eigenvalue weighted by molar-refractivity contribution is 0.353. The van der Waals surface area contributed by atoms with Gasteiger partial charge in [0.2, 0.25) is 10.0 Å². The van der Waals surface area contributed by atoms with Crippen LogP contribution in [0.4, 0.5) is 0 Å². The Bertz CT molecular complexity index is 620. The average molecular weight is 291 g/mol. The highest BCUT2D eigenvalue weighted by molar-refractivity contribution is 7.89. The summed E-state index contributed by atoms with van der Waals surface area (Å²) in [5.74, 6) is 0.445. The molecule has 2 atom stereocenters. The Morgan fingerprint density at radius 1 is 1.35 bits per heavy atom. The lowest BCUT2D eigenvalue weighted by Crippen LogP contribution is -2.31. The summed E-state index contributed by atoms with van der Waals surface area (Å²) in [6.45, 7) is 7.15. The first-order valence-corrected chi connectivity index (χ1v) is 8.62. The molecule has 0 bridgehead atoms. The molecule has 1 heterocycles. The van der Waals surface area contributed by atoms with E-state index in [-0.39, 0.29) is 5.41 Å². The molecule has 3 rings (SSSR count). The zero-order valence-corrected chi connectivity index (χ0v) is 12.7. The van der Waals surface area contributed by atoms with E-state index in [2.05, 4.69) is 6.58 Å². The van der Waals surface area contributed by atoms with Gasteiger partial charge >= 0.3 is 0 Å². The molecule has 1 aromatic carbocycles. The minimum Gasteiger partial charge on any atom is -0.207 e. The predicted molar refractivity (Wildman–Crippen MR) is 79.9 cm³/mol. The second kappa shape index (κ2) is 4.71. The quantitative estimate of drug-likeness (QED) is 0.803. The third-order valence-corrected chi connectivity index (χ3v) is 6.79. The summed E-state index contributed by atoms with van der Waals surface area (Å²) in [5, 5.41) is 0. The molecule has 1 aromatic rings. The van der Waals surface area contributed by atoms with Crippen LogP contribution in [-0.4, -0.2) is 25.8 Å².